The molecule has 39 heavy (non-hydrogen) atoms. The van der Waals surface area contributed by atoms with Gasteiger partial charge in [0.25, 0.3) is 5.91 Å². The van der Waals surface area contributed by atoms with Crippen molar-refractivity contribution < 1.29 is 4.79 Å². The number of amides is 1. The number of halogens is 1. The Balaban J connectivity index is 1.63. The monoisotopic (exact) mass is 558 g/mol. The summed E-state index contributed by atoms with van der Waals surface area (Å²) in [4.78, 5) is 21.3. The van der Waals surface area contributed by atoms with E-state index in [1.54, 1.807) is 0 Å². The van der Waals surface area contributed by atoms with Crippen LogP contribution in [0.15, 0.2) is 79.0 Å². The summed E-state index contributed by atoms with van der Waals surface area (Å²) in [6.07, 6.45) is 2.72. The Labute approximate surface area is 237 Å². The molecule has 0 bridgehead atoms. The lowest BCUT2D eigenvalue weighted by molar-refractivity contribution is 0.0606. The first-order chi connectivity index (χ1) is 19.0. The number of hydrogen-bond donors (Lipinski definition) is 1. The van der Waals surface area contributed by atoms with E-state index in [0.29, 0.717) is 42.2 Å². The van der Waals surface area contributed by atoms with Crippen LogP contribution >= 0.6 is 23.3 Å². The van der Waals surface area contributed by atoms with Gasteiger partial charge >= 0.3 is 0 Å². The van der Waals surface area contributed by atoms with Crippen LogP contribution in [0.5, 0.6) is 0 Å². The molecule has 2 heterocycles. The Morgan fingerprint density at radius 2 is 1.85 bits per heavy atom. The van der Waals surface area contributed by atoms with Crippen molar-refractivity contribution in [3.63, 3.8) is 0 Å². The van der Waals surface area contributed by atoms with E-state index in [0.717, 1.165) is 39.9 Å². The van der Waals surface area contributed by atoms with Crippen molar-refractivity contribution >= 4 is 40.3 Å². The quantitative estimate of drug-likeness (QED) is 0.213. The predicted molar refractivity (Wildman–Crippen MR) is 158 cm³/mol. The Morgan fingerprint density at radius 3 is 2.59 bits per heavy atom. The highest BCUT2D eigenvalue weighted by Gasteiger charge is 2.33. The van der Waals surface area contributed by atoms with Crippen LogP contribution in [0, 0.1) is 5.92 Å². The Kier molecular flexibility index (Phi) is 8.35. The second kappa shape index (κ2) is 12.1. The second-order valence-corrected chi connectivity index (χ2v) is 10.8. The van der Waals surface area contributed by atoms with Gasteiger partial charge in [-0.05, 0) is 48.7 Å². The van der Waals surface area contributed by atoms with Gasteiger partial charge in [-0.25, -0.2) is 4.98 Å². The van der Waals surface area contributed by atoms with Crippen molar-refractivity contribution in [2.75, 3.05) is 13.1 Å². The van der Waals surface area contributed by atoms with Gasteiger partial charge in [0.05, 0.1) is 29.0 Å². The molecule has 0 unspecified atom stereocenters. The van der Waals surface area contributed by atoms with E-state index in [-0.39, 0.29) is 17.9 Å². The van der Waals surface area contributed by atoms with Gasteiger partial charge < -0.3 is 15.2 Å². The molecule has 0 spiro atoms. The highest BCUT2D eigenvalue weighted by Crippen LogP contribution is 2.34. The van der Waals surface area contributed by atoms with Crippen LogP contribution in [-0.2, 0) is 6.54 Å². The number of nitrogens with two attached hydrogens (primary N) is 1. The third kappa shape index (κ3) is 5.88. The zero-order chi connectivity index (χ0) is 27.4. The average Bonchev–Trinajstić information content (AvgIpc) is 3.58. The minimum absolute atomic E-state index is 0.0728. The first-order valence-electron chi connectivity index (χ1n) is 13.1. The highest BCUT2D eigenvalue weighted by atomic mass is 35.5. The highest BCUT2D eigenvalue weighted by molar-refractivity contribution is 7.00. The number of nitrogens with zero attached hydrogens (tertiary/aromatic N) is 5. The lowest BCUT2D eigenvalue weighted by Crippen LogP contribution is -2.40. The molecule has 0 saturated carbocycles. The van der Waals surface area contributed by atoms with E-state index in [1.165, 1.54) is 0 Å². The van der Waals surface area contributed by atoms with Crippen molar-refractivity contribution in [3.05, 3.63) is 101 Å². The average molecular weight is 559 g/mol. The SMILES string of the molecule is CC(C)[C@H](c1nc(-c2cccc(Cl)c2)cn1Cc1ccccc1)N(CCCN)C(=O)c1cccc2nsnc12. The number of benzene rings is 3. The van der Waals surface area contributed by atoms with Crippen LogP contribution < -0.4 is 5.73 Å². The van der Waals surface area contributed by atoms with Gasteiger partial charge in [-0.15, -0.1) is 0 Å². The molecule has 0 saturated heterocycles. The first kappa shape index (κ1) is 27.0. The predicted octanol–water partition coefficient (Wildman–Crippen LogP) is 6.44. The van der Waals surface area contributed by atoms with Gasteiger partial charge in [-0.3, -0.25) is 4.79 Å². The van der Waals surface area contributed by atoms with Gasteiger partial charge in [-0.2, -0.15) is 8.75 Å². The summed E-state index contributed by atoms with van der Waals surface area (Å²) < 4.78 is 10.9. The summed E-state index contributed by atoms with van der Waals surface area (Å²) in [5.74, 6) is 0.792. The number of rotatable bonds is 10. The minimum Gasteiger partial charge on any atom is -0.330 e. The van der Waals surface area contributed by atoms with Crippen molar-refractivity contribution in [1.82, 2.24) is 23.2 Å². The summed E-state index contributed by atoms with van der Waals surface area (Å²) in [6.45, 7) is 5.84. The third-order valence-electron chi connectivity index (χ3n) is 6.74. The molecular formula is C30H31ClN6OS. The molecule has 0 aliphatic rings. The molecule has 5 rings (SSSR count). The summed E-state index contributed by atoms with van der Waals surface area (Å²) in [6, 6.07) is 23.2. The van der Waals surface area contributed by atoms with Crippen LogP contribution in [0.1, 0.15) is 48.1 Å². The molecule has 2 N–H and O–H groups in total. The van der Waals surface area contributed by atoms with Crippen LogP contribution in [0.4, 0.5) is 0 Å². The standard InChI is InChI=1S/C30H31ClN6OS/c1-20(2)28(37(16-8-15-32)30(38)24-13-7-14-25-27(24)35-39-34-25)29-33-26(22-11-6-12-23(31)17-22)19-36(29)18-21-9-4-3-5-10-21/h3-7,9-14,17,19-20,28H,8,15-16,18,32H2,1-2H3/t28-/m1/s1. The molecule has 0 radical (unpaired) electrons. The van der Waals surface area contributed by atoms with E-state index < -0.39 is 0 Å². The first-order valence-corrected chi connectivity index (χ1v) is 14.2. The maximum atomic E-state index is 14.2. The molecule has 9 heteroatoms. The molecule has 0 aliphatic heterocycles. The van der Waals surface area contributed by atoms with E-state index in [2.05, 4.69) is 45.5 Å². The molecule has 7 nitrogen and oxygen atoms in total. The zero-order valence-electron chi connectivity index (χ0n) is 22.0. The Morgan fingerprint density at radius 1 is 1.05 bits per heavy atom. The van der Waals surface area contributed by atoms with Gasteiger partial charge in [0, 0.05) is 29.9 Å². The molecule has 5 aromatic rings. The fraction of sp³-hybridized carbons (Fsp3) is 0.267. The summed E-state index contributed by atoms with van der Waals surface area (Å²) in [5.41, 5.74) is 10.7. The minimum atomic E-state index is -0.303. The van der Waals surface area contributed by atoms with E-state index in [9.17, 15) is 4.79 Å². The van der Waals surface area contributed by atoms with Crippen molar-refractivity contribution in [1.29, 1.82) is 0 Å². The van der Waals surface area contributed by atoms with Gasteiger partial charge in [0.2, 0.25) is 0 Å². The molecule has 1 atom stereocenters. The van der Waals surface area contributed by atoms with Gasteiger partial charge in [-0.1, -0.05) is 74.0 Å². The number of carbonyl (C=O) groups excluding carboxylic acids is 1. The summed E-state index contributed by atoms with van der Waals surface area (Å²) in [7, 11) is 0. The van der Waals surface area contributed by atoms with E-state index in [1.807, 2.05) is 65.6 Å². The van der Waals surface area contributed by atoms with Crippen LogP contribution in [-0.4, -0.2) is 42.2 Å². The fourth-order valence-electron chi connectivity index (χ4n) is 4.92. The summed E-state index contributed by atoms with van der Waals surface area (Å²) in [5, 5.41) is 0.650. The lowest BCUT2D eigenvalue weighted by atomic mass is 9.99. The molecule has 1 amide bonds. The van der Waals surface area contributed by atoms with E-state index in [4.69, 9.17) is 22.3 Å². The van der Waals surface area contributed by atoms with Crippen molar-refractivity contribution in [2.45, 2.75) is 32.9 Å². The maximum Gasteiger partial charge on any atom is 0.256 e. The number of aromatic nitrogens is 4. The summed E-state index contributed by atoms with van der Waals surface area (Å²) >= 11 is 7.44. The van der Waals surface area contributed by atoms with Crippen LogP contribution in [0.25, 0.3) is 22.3 Å². The number of fused-ring (bicyclic) bond motifs is 1. The molecule has 0 fully saturated rings. The topological polar surface area (TPSA) is 89.9 Å². The van der Waals surface area contributed by atoms with Gasteiger partial charge in [0.15, 0.2) is 0 Å². The van der Waals surface area contributed by atoms with Crippen molar-refractivity contribution in [3.8, 4) is 11.3 Å². The normalized spacial score (nSPS) is 12.2. The largest absolute Gasteiger partial charge is 0.330 e. The van der Waals surface area contributed by atoms with Crippen LogP contribution in [0.3, 0.4) is 0 Å². The number of carbonyl (C=O) groups is 1. The maximum absolute atomic E-state index is 14.2. The molecular weight excluding hydrogens is 528 g/mol. The molecule has 2 aromatic heterocycles. The van der Waals surface area contributed by atoms with Gasteiger partial charge in [0.1, 0.15) is 16.9 Å². The molecule has 3 aromatic carbocycles. The smallest absolute Gasteiger partial charge is 0.256 e. The zero-order valence-corrected chi connectivity index (χ0v) is 23.6. The Hall–Kier alpha value is -3.59. The fourth-order valence-corrected chi connectivity index (χ4v) is 5.66. The number of imidazole rings is 1. The lowest BCUT2D eigenvalue weighted by Gasteiger charge is -2.34. The number of hydrogen-bond acceptors (Lipinski definition) is 6. The third-order valence-corrected chi connectivity index (χ3v) is 7.51. The van der Waals surface area contributed by atoms with E-state index >= 15 is 0 Å². The Bertz CT molecular complexity index is 1560. The van der Waals surface area contributed by atoms with Crippen molar-refractivity contribution in [2.24, 2.45) is 11.7 Å². The second-order valence-electron chi connectivity index (χ2n) is 9.88. The molecule has 0 aliphatic carbocycles. The molecule has 200 valence electrons. The van der Waals surface area contributed by atoms with Crippen LogP contribution in [0.2, 0.25) is 5.02 Å².